The molecule has 0 fully saturated rings. The Morgan fingerprint density at radius 1 is 1.78 bits per heavy atom. The molecular formula is C3H4N4O2. The van der Waals surface area contributed by atoms with Crippen molar-refractivity contribution >= 4 is 6.29 Å². The van der Waals surface area contributed by atoms with Crippen LogP contribution in [0.1, 0.15) is 0 Å². The second-order valence-electron chi connectivity index (χ2n) is 1.36. The largest absolute Gasteiger partial charge is 0.361 e. The van der Waals surface area contributed by atoms with Gasteiger partial charge in [0.05, 0.1) is 0 Å². The van der Waals surface area contributed by atoms with Crippen molar-refractivity contribution in [2.24, 2.45) is 0 Å². The first-order valence-corrected chi connectivity index (χ1v) is 2.26. The van der Waals surface area contributed by atoms with Gasteiger partial charge in [0.25, 0.3) is 0 Å². The van der Waals surface area contributed by atoms with Crippen molar-refractivity contribution in [2.75, 3.05) is 0 Å². The van der Waals surface area contributed by atoms with Crippen LogP contribution in [0, 0.1) is 0 Å². The van der Waals surface area contributed by atoms with Gasteiger partial charge in [0.2, 0.25) is 0 Å². The molecule has 0 bridgehead atoms. The number of H-pyrrole nitrogens is 1. The first kappa shape index (κ1) is 5.67. The van der Waals surface area contributed by atoms with Gasteiger partial charge in [-0.2, -0.15) is 4.68 Å². The summed E-state index contributed by atoms with van der Waals surface area (Å²) in [5.41, 5.74) is -0.470. The predicted octanol–water partition coefficient (Wildman–Crippen LogP) is -1.83. The van der Waals surface area contributed by atoms with Gasteiger partial charge in [-0.15, -0.1) is 0 Å². The minimum Gasteiger partial charge on any atom is -0.301 e. The molecule has 0 aromatic carbocycles. The van der Waals surface area contributed by atoms with E-state index in [0.29, 0.717) is 6.29 Å². The number of hydrogen-bond acceptors (Lipinski definition) is 4. The van der Waals surface area contributed by atoms with Crippen LogP contribution in [0.3, 0.4) is 0 Å². The zero-order chi connectivity index (χ0) is 6.69. The maximum atomic E-state index is 10.4. The van der Waals surface area contributed by atoms with Crippen molar-refractivity contribution < 1.29 is 4.79 Å². The van der Waals surface area contributed by atoms with E-state index in [9.17, 15) is 9.59 Å². The summed E-state index contributed by atoms with van der Waals surface area (Å²) in [5.74, 6) is 0. The standard InChI is InChI=1S/C3H4N4O2/c8-2-1-7-3(9)4-5-6-7/h2H,1H2,(H,4,6,9). The summed E-state index contributed by atoms with van der Waals surface area (Å²) in [4.78, 5) is 20.2. The Balaban J connectivity index is 2.93. The zero-order valence-electron chi connectivity index (χ0n) is 4.44. The summed E-state index contributed by atoms with van der Waals surface area (Å²) in [6, 6.07) is 0. The summed E-state index contributed by atoms with van der Waals surface area (Å²) in [6.45, 7) is -0.0463. The van der Waals surface area contributed by atoms with E-state index >= 15 is 0 Å². The molecule has 6 heteroatoms. The lowest BCUT2D eigenvalue weighted by Crippen LogP contribution is -2.18. The molecule has 0 saturated carbocycles. The lowest BCUT2D eigenvalue weighted by atomic mass is 10.7. The van der Waals surface area contributed by atoms with Crippen LogP contribution in [0.15, 0.2) is 4.79 Å². The molecule has 0 aliphatic carbocycles. The number of aldehydes is 1. The summed E-state index contributed by atoms with van der Waals surface area (Å²) < 4.78 is 0.924. The first-order valence-electron chi connectivity index (χ1n) is 2.26. The molecule has 0 saturated heterocycles. The summed E-state index contributed by atoms with van der Waals surface area (Å²) in [7, 11) is 0. The van der Waals surface area contributed by atoms with Crippen molar-refractivity contribution in [2.45, 2.75) is 6.54 Å². The van der Waals surface area contributed by atoms with Crippen molar-refractivity contribution in [1.82, 2.24) is 20.2 Å². The molecule has 1 rings (SSSR count). The van der Waals surface area contributed by atoms with E-state index in [1.807, 2.05) is 5.10 Å². The van der Waals surface area contributed by atoms with Crippen molar-refractivity contribution in [3.8, 4) is 0 Å². The fourth-order valence-electron chi connectivity index (χ4n) is 0.407. The number of tetrazole rings is 1. The van der Waals surface area contributed by atoms with Crippen molar-refractivity contribution in [3.63, 3.8) is 0 Å². The monoisotopic (exact) mass is 128 g/mol. The van der Waals surface area contributed by atoms with Gasteiger partial charge in [-0.1, -0.05) is 0 Å². The fourth-order valence-corrected chi connectivity index (χ4v) is 0.407. The fraction of sp³-hybridized carbons (Fsp3) is 0.333. The molecule has 0 aliphatic heterocycles. The third-order valence-electron chi connectivity index (χ3n) is 0.780. The van der Waals surface area contributed by atoms with Crippen LogP contribution in [-0.2, 0) is 11.3 Å². The number of aromatic amines is 1. The molecule has 0 amide bonds. The molecule has 1 N–H and O–H groups in total. The van der Waals surface area contributed by atoms with Crippen LogP contribution in [-0.4, -0.2) is 26.5 Å². The van der Waals surface area contributed by atoms with Crippen LogP contribution >= 0.6 is 0 Å². The number of hydrogen-bond donors (Lipinski definition) is 1. The molecule has 1 aromatic rings. The maximum Gasteiger partial charge on any atom is 0.361 e. The molecule has 6 nitrogen and oxygen atoms in total. The number of aromatic nitrogens is 4. The molecule has 0 aliphatic rings. The minimum absolute atomic E-state index is 0.0463. The Labute approximate surface area is 49.5 Å². The molecule has 9 heavy (non-hydrogen) atoms. The molecular weight excluding hydrogens is 124 g/mol. The van der Waals surface area contributed by atoms with Gasteiger partial charge in [-0.3, -0.25) is 0 Å². The lowest BCUT2D eigenvalue weighted by Gasteiger charge is -1.81. The number of carbonyl (C=O) groups is 1. The van der Waals surface area contributed by atoms with E-state index in [1.54, 1.807) is 0 Å². The molecule has 0 radical (unpaired) electrons. The van der Waals surface area contributed by atoms with Gasteiger partial charge >= 0.3 is 5.69 Å². The Bertz CT molecular complexity index is 248. The van der Waals surface area contributed by atoms with Gasteiger partial charge in [0.15, 0.2) is 0 Å². The van der Waals surface area contributed by atoms with E-state index in [0.717, 1.165) is 4.68 Å². The SMILES string of the molecule is O=CCn1nn[nH]c1=O. The number of nitrogens with zero attached hydrogens (tertiary/aromatic N) is 3. The average Bonchev–Trinajstić information content (AvgIpc) is 2.18. The number of nitrogens with one attached hydrogen (secondary N) is 1. The Kier molecular flexibility index (Phi) is 1.39. The molecule has 0 spiro atoms. The smallest absolute Gasteiger partial charge is 0.301 e. The van der Waals surface area contributed by atoms with E-state index in [4.69, 9.17) is 0 Å². The van der Waals surface area contributed by atoms with Crippen molar-refractivity contribution in [1.29, 1.82) is 0 Å². The summed E-state index contributed by atoms with van der Waals surface area (Å²) in [5, 5.41) is 8.47. The van der Waals surface area contributed by atoms with Crippen LogP contribution in [0.25, 0.3) is 0 Å². The second-order valence-corrected chi connectivity index (χ2v) is 1.36. The highest BCUT2D eigenvalue weighted by Gasteiger charge is 1.93. The highest BCUT2D eigenvalue weighted by atomic mass is 16.2. The summed E-state index contributed by atoms with van der Waals surface area (Å²) in [6.07, 6.45) is 0.573. The second kappa shape index (κ2) is 2.21. The van der Waals surface area contributed by atoms with Crippen LogP contribution in [0.4, 0.5) is 0 Å². The van der Waals surface area contributed by atoms with E-state index in [1.165, 1.54) is 0 Å². The first-order chi connectivity index (χ1) is 4.34. The predicted molar refractivity (Wildman–Crippen MR) is 26.7 cm³/mol. The Morgan fingerprint density at radius 2 is 2.56 bits per heavy atom. The topological polar surface area (TPSA) is 80.6 Å². The van der Waals surface area contributed by atoms with Crippen LogP contribution in [0.5, 0.6) is 0 Å². The zero-order valence-corrected chi connectivity index (χ0v) is 4.44. The quantitative estimate of drug-likeness (QED) is 0.475. The maximum absolute atomic E-state index is 10.4. The van der Waals surface area contributed by atoms with E-state index < -0.39 is 5.69 Å². The van der Waals surface area contributed by atoms with E-state index in [2.05, 4.69) is 10.4 Å². The molecule has 48 valence electrons. The lowest BCUT2D eigenvalue weighted by molar-refractivity contribution is -0.108. The van der Waals surface area contributed by atoms with E-state index in [-0.39, 0.29) is 6.54 Å². The molecule has 0 atom stereocenters. The Morgan fingerprint density at radius 3 is 3.00 bits per heavy atom. The minimum atomic E-state index is -0.470. The van der Waals surface area contributed by atoms with Crippen LogP contribution in [0.2, 0.25) is 0 Å². The van der Waals surface area contributed by atoms with Gasteiger partial charge < -0.3 is 4.79 Å². The average molecular weight is 128 g/mol. The number of carbonyl (C=O) groups excluding carboxylic acids is 1. The summed E-state index contributed by atoms with van der Waals surface area (Å²) >= 11 is 0. The Hall–Kier alpha value is -1.46. The van der Waals surface area contributed by atoms with Gasteiger partial charge in [-0.25, -0.2) is 9.89 Å². The highest BCUT2D eigenvalue weighted by Crippen LogP contribution is 1.61. The van der Waals surface area contributed by atoms with Gasteiger partial charge in [0, 0.05) is 0 Å². The third-order valence-corrected chi connectivity index (χ3v) is 0.780. The van der Waals surface area contributed by atoms with Crippen molar-refractivity contribution in [3.05, 3.63) is 10.5 Å². The highest BCUT2D eigenvalue weighted by molar-refractivity contribution is 5.48. The molecule has 1 heterocycles. The normalized spacial score (nSPS) is 9.33. The van der Waals surface area contributed by atoms with Gasteiger partial charge in [0.1, 0.15) is 12.8 Å². The number of rotatable bonds is 2. The third kappa shape index (κ3) is 1.01. The van der Waals surface area contributed by atoms with Gasteiger partial charge in [-0.05, 0) is 10.4 Å². The van der Waals surface area contributed by atoms with Crippen LogP contribution < -0.4 is 5.69 Å². The molecule has 0 unspecified atom stereocenters. The molecule has 1 aromatic heterocycles.